The van der Waals surface area contributed by atoms with Crippen LogP contribution in [0.25, 0.3) is 0 Å². The smallest absolute Gasteiger partial charge is 0.234 e. The van der Waals surface area contributed by atoms with Crippen LogP contribution < -0.4 is 20.3 Å². The molecule has 0 bridgehead atoms. The Kier molecular flexibility index (Phi) is 6.44. The molecule has 3 aromatic rings. The van der Waals surface area contributed by atoms with E-state index >= 15 is 0 Å². The van der Waals surface area contributed by atoms with E-state index in [4.69, 9.17) is 21.4 Å². The maximum Gasteiger partial charge on any atom is 0.234 e. The van der Waals surface area contributed by atoms with E-state index in [-0.39, 0.29) is 0 Å². The monoisotopic (exact) mass is 423 g/mol. The molecule has 2 N–H and O–H groups in total. The molecule has 30 heavy (non-hydrogen) atoms. The summed E-state index contributed by atoms with van der Waals surface area (Å²) in [4.78, 5) is 11.4. The molecule has 2 aromatic heterocycles. The number of piperidine rings is 1. The Labute approximate surface area is 181 Å². The van der Waals surface area contributed by atoms with Gasteiger partial charge in [-0.2, -0.15) is 9.97 Å². The van der Waals surface area contributed by atoms with Gasteiger partial charge in [0.05, 0.1) is 6.54 Å². The molecule has 0 atom stereocenters. The van der Waals surface area contributed by atoms with Crippen molar-refractivity contribution in [2.45, 2.75) is 32.7 Å². The Balaban J connectivity index is 1.49. The highest BCUT2D eigenvalue weighted by Crippen LogP contribution is 2.26. The van der Waals surface area contributed by atoms with Crippen LogP contribution in [0.5, 0.6) is 11.6 Å². The van der Waals surface area contributed by atoms with Crippen molar-refractivity contribution in [2.24, 2.45) is 0 Å². The van der Waals surface area contributed by atoms with Gasteiger partial charge in [-0.1, -0.05) is 18.2 Å². The summed E-state index contributed by atoms with van der Waals surface area (Å²) in [5.74, 6) is 4.11. The van der Waals surface area contributed by atoms with E-state index in [1.165, 1.54) is 6.42 Å². The normalized spacial score (nSPS) is 13.7. The summed E-state index contributed by atoms with van der Waals surface area (Å²) in [6, 6.07) is 15.3. The van der Waals surface area contributed by atoms with Crippen LogP contribution in [0.3, 0.4) is 0 Å². The molecule has 0 saturated carbocycles. The predicted molar refractivity (Wildman–Crippen MR) is 121 cm³/mol. The highest BCUT2D eigenvalue weighted by molar-refractivity contribution is 7.80. The highest BCUT2D eigenvalue weighted by Gasteiger charge is 2.16. The number of benzene rings is 1. The SMILES string of the molecule is Cc1ccc(CNC(=S)Nc2nc(Oc3ccccc3)cc(N3CCCCC3)n2)o1. The lowest BCUT2D eigenvalue weighted by atomic mass is 10.1. The molecule has 0 amide bonds. The van der Waals surface area contributed by atoms with Gasteiger partial charge in [-0.25, -0.2) is 0 Å². The first-order valence-electron chi connectivity index (χ1n) is 10.1. The van der Waals surface area contributed by atoms with Crippen LogP contribution in [0.15, 0.2) is 52.9 Å². The average Bonchev–Trinajstić information content (AvgIpc) is 3.19. The second kappa shape index (κ2) is 9.58. The van der Waals surface area contributed by atoms with Gasteiger partial charge in [-0.3, -0.25) is 0 Å². The molecule has 156 valence electrons. The molecular weight excluding hydrogens is 398 g/mol. The maximum absolute atomic E-state index is 5.97. The molecule has 3 heterocycles. The van der Waals surface area contributed by atoms with Gasteiger partial charge in [-0.15, -0.1) is 0 Å². The number of anilines is 2. The van der Waals surface area contributed by atoms with Crippen molar-refractivity contribution in [3.05, 3.63) is 60.1 Å². The van der Waals surface area contributed by atoms with Gasteiger partial charge in [-0.05, 0) is 62.7 Å². The van der Waals surface area contributed by atoms with Crippen molar-refractivity contribution >= 4 is 29.1 Å². The quantitative estimate of drug-likeness (QED) is 0.555. The maximum atomic E-state index is 5.97. The largest absolute Gasteiger partial charge is 0.465 e. The van der Waals surface area contributed by atoms with Gasteiger partial charge >= 0.3 is 0 Å². The first-order valence-corrected chi connectivity index (χ1v) is 10.5. The van der Waals surface area contributed by atoms with Crippen LogP contribution in [0.2, 0.25) is 0 Å². The third-order valence-electron chi connectivity index (χ3n) is 4.78. The summed E-state index contributed by atoms with van der Waals surface area (Å²) in [7, 11) is 0. The van der Waals surface area contributed by atoms with Crippen LogP contribution >= 0.6 is 12.2 Å². The molecule has 0 spiro atoms. The fourth-order valence-electron chi connectivity index (χ4n) is 3.31. The van der Waals surface area contributed by atoms with Crippen molar-refractivity contribution in [3.8, 4) is 11.6 Å². The van der Waals surface area contributed by atoms with Gasteiger partial charge in [0.2, 0.25) is 11.8 Å². The molecule has 8 heteroatoms. The molecule has 1 aliphatic heterocycles. The first kappa shape index (κ1) is 20.2. The van der Waals surface area contributed by atoms with E-state index in [9.17, 15) is 0 Å². The number of nitrogens with one attached hydrogen (secondary N) is 2. The van der Waals surface area contributed by atoms with Crippen LogP contribution in [0.4, 0.5) is 11.8 Å². The minimum Gasteiger partial charge on any atom is -0.465 e. The van der Waals surface area contributed by atoms with Gasteiger partial charge < -0.3 is 24.7 Å². The van der Waals surface area contributed by atoms with E-state index < -0.39 is 0 Å². The lowest BCUT2D eigenvalue weighted by Crippen LogP contribution is -2.31. The summed E-state index contributed by atoms with van der Waals surface area (Å²) in [5.41, 5.74) is 0. The Bertz CT molecular complexity index is 986. The molecule has 1 aromatic carbocycles. The lowest BCUT2D eigenvalue weighted by molar-refractivity contribution is 0.461. The number of nitrogens with zero attached hydrogens (tertiary/aromatic N) is 3. The Hall–Kier alpha value is -3.13. The summed E-state index contributed by atoms with van der Waals surface area (Å²) >= 11 is 5.42. The van der Waals surface area contributed by atoms with Crippen LogP contribution in [-0.2, 0) is 6.54 Å². The fraction of sp³-hybridized carbons (Fsp3) is 0.318. The molecule has 7 nitrogen and oxygen atoms in total. The molecule has 1 aliphatic rings. The zero-order valence-electron chi connectivity index (χ0n) is 16.9. The number of para-hydroxylation sites is 1. The number of thiocarbonyl (C=S) groups is 1. The topological polar surface area (TPSA) is 75.5 Å². The van der Waals surface area contributed by atoms with Crippen molar-refractivity contribution in [1.82, 2.24) is 15.3 Å². The van der Waals surface area contributed by atoms with Gasteiger partial charge in [0.25, 0.3) is 0 Å². The fourth-order valence-corrected chi connectivity index (χ4v) is 3.47. The van der Waals surface area contributed by atoms with E-state index in [2.05, 4.69) is 25.5 Å². The van der Waals surface area contributed by atoms with Crippen LogP contribution in [-0.4, -0.2) is 28.2 Å². The van der Waals surface area contributed by atoms with Crippen molar-refractivity contribution in [3.63, 3.8) is 0 Å². The lowest BCUT2D eigenvalue weighted by Gasteiger charge is -2.28. The van der Waals surface area contributed by atoms with E-state index in [0.717, 1.165) is 49.0 Å². The Morgan fingerprint density at radius 1 is 1.10 bits per heavy atom. The molecular formula is C22H25N5O2S. The summed E-state index contributed by atoms with van der Waals surface area (Å²) < 4.78 is 11.5. The number of furan rings is 1. The number of hydrogen-bond acceptors (Lipinski definition) is 6. The zero-order chi connectivity index (χ0) is 20.8. The molecule has 0 aliphatic carbocycles. The highest BCUT2D eigenvalue weighted by atomic mass is 32.1. The van der Waals surface area contributed by atoms with Gasteiger partial charge in [0.1, 0.15) is 23.1 Å². The minimum atomic E-state index is 0.400. The van der Waals surface area contributed by atoms with Gasteiger partial charge in [0, 0.05) is 19.2 Å². The van der Waals surface area contributed by atoms with E-state index in [1.54, 1.807) is 0 Å². The molecule has 1 fully saturated rings. The number of aromatic nitrogens is 2. The molecule has 0 radical (unpaired) electrons. The van der Waals surface area contributed by atoms with Crippen LogP contribution in [0.1, 0.15) is 30.8 Å². The number of aryl methyl sites for hydroxylation is 1. The van der Waals surface area contributed by atoms with Crippen molar-refractivity contribution in [1.29, 1.82) is 0 Å². The minimum absolute atomic E-state index is 0.400. The Morgan fingerprint density at radius 2 is 1.90 bits per heavy atom. The molecule has 4 rings (SSSR count). The predicted octanol–water partition coefficient (Wildman–Crippen LogP) is 4.65. The second-order valence-electron chi connectivity index (χ2n) is 7.17. The van der Waals surface area contributed by atoms with Gasteiger partial charge in [0.15, 0.2) is 5.11 Å². The third-order valence-corrected chi connectivity index (χ3v) is 5.03. The van der Waals surface area contributed by atoms with E-state index in [1.807, 2.05) is 55.5 Å². The zero-order valence-corrected chi connectivity index (χ0v) is 17.7. The van der Waals surface area contributed by atoms with Crippen LogP contribution in [0, 0.1) is 6.92 Å². The number of ether oxygens (including phenoxy) is 1. The molecule has 1 saturated heterocycles. The Morgan fingerprint density at radius 3 is 2.63 bits per heavy atom. The number of hydrogen-bond donors (Lipinski definition) is 2. The summed E-state index contributed by atoms with van der Waals surface area (Å²) in [5, 5.41) is 6.62. The number of rotatable bonds is 6. The average molecular weight is 424 g/mol. The van der Waals surface area contributed by atoms with Crippen molar-refractivity contribution < 1.29 is 9.15 Å². The standard InChI is InChI=1S/C22H25N5O2S/c1-16-10-11-18(28-16)15-23-22(30)26-21-24-19(27-12-6-3-7-13-27)14-20(25-21)29-17-8-4-2-5-9-17/h2,4-5,8-11,14H,3,6-7,12-13,15H2,1H3,(H2,23,24,25,26,30). The summed E-state index contributed by atoms with van der Waals surface area (Å²) in [6.45, 7) is 4.34. The second-order valence-corrected chi connectivity index (χ2v) is 7.58. The van der Waals surface area contributed by atoms with E-state index in [0.29, 0.717) is 23.5 Å². The van der Waals surface area contributed by atoms with Crippen molar-refractivity contribution in [2.75, 3.05) is 23.3 Å². The third kappa shape index (κ3) is 5.48. The first-order chi connectivity index (χ1) is 14.7. The molecule has 0 unspecified atom stereocenters. The summed E-state index contributed by atoms with van der Waals surface area (Å²) in [6.07, 6.45) is 3.56.